The van der Waals surface area contributed by atoms with E-state index in [1.165, 1.54) is 0 Å². The van der Waals surface area contributed by atoms with E-state index in [2.05, 4.69) is 5.32 Å². The van der Waals surface area contributed by atoms with Crippen LogP contribution in [0.3, 0.4) is 0 Å². The molecule has 110 valence electrons. The van der Waals surface area contributed by atoms with E-state index in [4.69, 9.17) is 0 Å². The van der Waals surface area contributed by atoms with E-state index >= 15 is 0 Å². The van der Waals surface area contributed by atoms with Crippen molar-refractivity contribution >= 4 is 11.8 Å². The summed E-state index contributed by atoms with van der Waals surface area (Å²) in [5.74, 6) is 0.350. The van der Waals surface area contributed by atoms with Gasteiger partial charge in [0.15, 0.2) is 0 Å². The van der Waals surface area contributed by atoms with Crippen LogP contribution in [0.2, 0.25) is 0 Å². The number of amides is 2. The number of likely N-dealkylation sites (tertiary alicyclic amines) is 2. The van der Waals surface area contributed by atoms with Crippen LogP contribution in [-0.4, -0.2) is 59.9 Å². The maximum absolute atomic E-state index is 11.3. The smallest absolute Gasteiger partial charge is 0.219 e. The molecule has 2 aliphatic rings. The van der Waals surface area contributed by atoms with Crippen molar-refractivity contribution < 1.29 is 9.59 Å². The van der Waals surface area contributed by atoms with Crippen LogP contribution in [0.1, 0.15) is 40.5 Å². The molecule has 0 aromatic heterocycles. The molecule has 1 N–H and O–H groups in total. The summed E-state index contributed by atoms with van der Waals surface area (Å²) in [4.78, 5) is 26.3. The van der Waals surface area contributed by atoms with E-state index in [0.29, 0.717) is 12.1 Å². The zero-order valence-corrected chi connectivity index (χ0v) is 11.3. The molecule has 1 atom stereocenters. The van der Waals surface area contributed by atoms with E-state index < -0.39 is 0 Å². The molecule has 5 heteroatoms. The quantitative estimate of drug-likeness (QED) is 0.808. The Kier molecular flexibility index (Phi) is 5.79. The van der Waals surface area contributed by atoms with E-state index in [1.54, 1.807) is 13.8 Å². The number of piperidine rings is 1. The molecule has 0 aromatic carbocycles. The molecule has 2 fully saturated rings. The predicted octanol–water partition coefficient (Wildman–Crippen LogP) is 0.844. The van der Waals surface area contributed by atoms with Gasteiger partial charge in [0.2, 0.25) is 11.8 Å². The van der Waals surface area contributed by atoms with Gasteiger partial charge in [-0.25, -0.2) is 0 Å². The van der Waals surface area contributed by atoms with Crippen molar-refractivity contribution in [3.05, 3.63) is 0 Å². The second kappa shape index (κ2) is 6.89. The topological polar surface area (TPSA) is 52.7 Å². The number of carbonyl (C=O) groups excluding carboxylic acids is 2. The molecule has 19 heavy (non-hydrogen) atoms. The fourth-order valence-electron chi connectivity index (χ4n) is 2.88. The molecule has 2 amide bonds. The first-order valence-corrected chi connectivity index (χ1v) is 6.83. The van der Waals surface area contributed by atoms with Crippen molar-refractivity contribution in [1.29, 1.82) is 0 Å². The molecule has 0 aromatic rings. The lowest BCUT2D eigenvalue weighted by atomic mass is 10.0. The molecule has 2 aliphatic heterocycles. The van der Waals surface area contributed by atoms with Crippen molar-refractivity contribution in [1.82, 2.24) is 15.1 Å². The third-order valence-electron chi connectivity index (χ3n) is 4.05. The van der Waals surface area contributed by atoms with Gasteiger partial charge in [-0.1, -0.05) is 7.43 Å². The molecule has 0 bridgehead atoms. The van der Waals surface area contributed by atoms with Gasteiger partial charge in [0, 0.05) is 52.1 Å². The monoisotopic (exact) mass is 269 g/mol. The fourth-order valence-corrected chi connectivity index (χ4v) is 2.88. The highest BCUT2D eigenvalue weighted by atomic mass is 16.2. The SMILES string of the molecule is C.CC(=O)N1CCC(NC2CCN(C(C)=O)C2)CC1. The lowest BCUT2D eigenvalue weighted by Crippen LogP contribution is -2.48. The molecule has 5 nitrogen and oxygen atoms in total. The van der Waals surface area contributed by atoms with Gasteiger partial charge >= 0.3 is 0 Å². The minimum Gasteiger partial charge on any atom is -0.343 e. The van der Waals surface area contributed by atoms with Crippen LogP contribution in [0.25, 0.3) is 0 Å². The molecule has 1 unspecified atom stereocenters. The van der Waals surface area contributed by atoms with Gasteiger partial charge in [0.25, 0.3) is 0 Å². The van der Waals surface area contributed by atoms with Gasteiger partial charge in [0.1, 0.15) is 0 Å². The van der Waals surface area contributed by atoms with Gasteiger partial charge < -0.3 is 15.1 Å². The zero-order chi connectivity index (χ0) is 13.1. The van der Waals surface area contributed by atoms with Gasteiger partial charge in [0.05, 0.1) is 0 Å². The Morgan fingerprint density at radius 1 is 0.895 bits per heavy atom. The first kappa shape index (κ1) is 16.0. The van der Waals surface area contributed by atoms with Crippen molar-refractivity contribution in [2.45, 2.75) is 52.6 Å². The minimum atomic E-state index is 0. The van der Waals surface area contributed by atoms with Crippen LogP contribution in [0.5, 0.6) is 0 Å². The normalized spacial score (nSPS) is 24.2. The first-order chi connectivity index (χ1) is 8.56. The summed E-state index contributed by atoms with van der Waals surface area (Å²) >= 11 is 0. The Balaban J connectivity index is 0.00000180. The van der Waals surface area contributed by atoms with E-state index in [-0.39, 0.29) is 19.2 Å². The molecule has 0 radical (unpaired) electrons. The largest absolute Gasteiger partial charge is 0.343 e. The van der Waals surface area contributed by atoms with E-state index in [1.807, 2.05) is 9.80 Å². The Labute approximate surface area is 116 Å². The minimum absolute atomic E-state index is 0. The van der Waals surface area contributed by atoms with Crippen molar-refractivity contribution in [3.63, 3.8) is 0 Å². The van der Waals surface area contributed by atoms with Crippen LogP contribution in [0.15, 0.2) is 0 Å². The number of rotatable bonds is 2. The highest BCUT2D eigenvalue weighted by Gasteiger charge is 2.28. The van der Waals surface area contributed by atoms with Crippen molar-refractivity contribution in [3.8, 4) is 0 Å². The number of nitrogens with one attached hydrogen (secondary N) is 1. The highest BCUT2D eigenvalue weighted by molar-refractivity contribution is 5.73. The Morgan fingerprint density at radius 2 is 1.37 bits per heavy atom. The number of carbonyl (C=O) groups is 2. The van der Waals surface area contributed by atoms with Crippen molar-refractivity contribution in [2.75, 3.05) is 26.2 Å². The summed E-state index contributed by atoms with van der Waals surface area (Å²) in [6.07, 6.45) is 3.10. The van der Waals surface area contributed by atoms with Crippen LogP contribution in [0, 0.1) is 0 Å². The fraction of sp³-hybridized carbons (Fsp3) is 0.857. The van der Waals surface area contributed by atoms with Crippen LogP contribution in [-0.2, 0) is 9.59 Å². The molecular formula is C14H27N3O2. The lowest BCUT2D eigenvalue weighted by molar-refractivity contribution is -0.130. The first-order valence-electron chi connectivity index (χ1n) is 6.83. The molecule has 0 spiro atoms. The molecular weight excluding hydrogens is 242 g/mol. The van der Waals surface area contributed by atoms with Crippen molar-refractivity contribution in [2.24, 2.45) is 0 Å². The number of hydrogen-bond acceptors (Lipinski definition) is 3. The molecule has 0 aliphatic carbocycles. The molecule has 2 heterocycles. The molecule has 2 rings (SSSR count). The maximum Gasteiger partial charge on any atom is 0.219 e. The second-order valence-electron chi connectivity index (χ2n) is 5.40. The Bertz CT molecular complexity index is 325. The van der Waals surface area contributed by atoms with Crippen LogP contribution >= 0.6 is 0 Å². The summed E-state index contributed by atoms with van der Waals surface area (Å²) < 4.78 is 0. The van der Waals surface area contributed by atoms with Gasteiger partial charge in [-0.15, -0.1) is 0 Å². The van der Waals surface area contributed by atoms with Gasteiger partial charge in [-0.3, -0.25) is 9.59 Å². The summed E-state index contributed by atoms with van der Waals surface area (Å²) in [6.45, 7) is 6.69. The van der Waals surface area contributed by atoms with Gasteiger partial charge in [-0.2, -0.15) is 0 Å². The number of hydrogen-bond donors (Lipinski definition) is 1. The highest BCUT2D eigenvalue weighted by Crippen LogP contribution is 2.15. The summed E-state index contributed by atoms with van der Waals surface area (Å²) in [7, 11) is 0. The summed E-state index contributed by atoms with van der Waals surface area (Å²) in [5, 5.41) is 3.63. The van der Waals surface area contributed by atoms with E-state index in [9.17, 15) is 9.59 Å². The average Bonchev–Trinajstić information content (AvgIpc) is 2.78. The predicted molar refractivity (Wildman–Crippen MR) is 75.8 cm³/mol. The van der Waals surface area contributed by atoms with Gasteiger partial charge in [-0.05, 0) is 19.3 Å². The zero-order valence-electron chi connectivity index (χ0n) is 11.3. The third kappa shape index (κ3) is 4.20. The Hall–Kier alpha value is -1.10. The average molecular weight is 269 g/mol. The molecule has 0 saturated carbocycles. The van der Waals surface area contributed by atoms with Crippen LogP contribution < -0.4 is 5.32 Å². The summed E-state index contributed by atoms with van der Waals surface area (Å²) in [6, 6.07) is 0.931. The standard InChI is InChI=1S/C13H23N3O2.CH4/c1-10(17)15-6-3-12(4-7-15)14-13-5-8-16(9-13)11(2)18;/h12-14H,3-9H2,1-2H3;1H4. The maximum atomic E-state index is 11.3. The molecule has 2 saturated heterocycles. The Morgan fingerprint density at radius 3 is 1.84 bits per heavy atom. The van der Waals surface area contributed by atoms with Crippen LogP contribution in [0.4, 0.5) is 0 Å². The van der Waals surface area contributed by atoms with E-state index in [0.717, 1.165) is 45.4 Å². The third-order valence-corrected chi connectivity index (χ3v) is 4.05. The number of nitrogens with zero attached hydrogens (tertiary/aromatic N) is 2. The lowest BCUT2D eigenvalue weighted by Gasteiger charge is -2.33. The summed E-state index contributed by atoms with van der Waals surface area (Å²) in [5.41, 5.74) is 0. The second-order valence-corrected chi connectivity index (χ2v) is 5.40.